The first-order chi connectivity index (χ1) is 10.1. The monoisotopic (exact) mass is 304 g/mol. The number of hydrogen-bond acceptors (Lipinski definition) is 5. The highest BCUT2D eigenvalue weighted by Gasteiger charge is 2.26. The third-order valence-corrected chi connectivity index (χ3v) is 3.73. The number of nitrogens with zero attached hydrogens (tertiary/aromatic N) is 4. The first-order valence-electron chi connectivity index (χ1n) is 6.95. The van der Waals surface area contributed by atoms with E-state index in [0.29, 0.717) is 10.8 Å². The molecule has 0 bridgehead atoms. The molecular weight excluding hydrogens is 288 g/mol. The van der Waals surface area contributed by atoms with Gasteiger partial charge < -0.3 is 9.64 Å². The summed E-state index contributed by atoms with van der Waals surface area (Å²) in [4.78, 5) is 15.0. The summed E-state index contributed by atoms with van der Waals surface area (Å²) >= 11 is 6.08. The van der Waals surface area contributed by atoms with Gasteiger partial charge in [-0.25, -0.2) is 9.97 Å². The number of pyridine rings is 1. The topological polar surface area (TPSA) is 51.1 Å². The molecular formula is C15H17ClN4O. The van der Waals surface area contributed by atoms with Gasteiger partial charge in [-0.05, 0) is 13.8 Å². The van der Waals surface area contributed by atoms with E-state index in [4.69, 9.17) is 16.3 Å². The van der Waals surface area contributed by atoms with Crippen molar-refractivity contribution in [2.24, 2.45) is 0 Å². The molecule has 0 spiro atoms. The van der Waals surface area contributed by atoms with Crippen LogP contribution in [0.25, 0.3) is 0 Å². The SMILES string of the molecule is Cc1cc(N2CCC(Oc3ccncc3Cl)C2)nc(C)n1. The van der Waals surface area contributed by atoms with Crippen molar-refractivity contribution in [1.82, 2.24) is 15.0 Å². The predicted molar refractivity (Wildman–Crippen MR) is 82.0 cm³/mol. The lowest BCUT2D eigenvalue weighted by Crippen LogP contribution is -2.25. The lowest BCUT2D eigenvalue weighted by Gasteiger charge is -2.19. The second-order valence-electron chi connectivity index (χ2n) is 5.20. The van der Waals surface area contributed by atoms with Crippen LogP contribution in [-0.4, -0.2) is 34.1 Å². The predicted octanol–water partition coefficient (Wildman–Crippen LogP) is 2.80. The molecule has 5 nitrogen and oxygen atoms in total. The fraction of sp³-hybridized carbons (Fsp3) is 0.400. The van der Waals surface area contributed by atoms with Crippen molar-refractivity contribution in [1.29, 1.82) is 0 Å². The number of aryl methyl sites for hydroxylation is 2. The molecule has 2 aromatic rings. The number of rotatable bonds is 3. The van der Waals surface area contributed by atoms with Gasteiger partial charge in [0.2, 0.25) is 0 Å². The number of aromatic nitrogens is 3. The molecule has 0 saturated carbocycles. The molecule has 0 radical (unpaired) electrons. The van der Waals surface area contributed by atoms with E-state index in [1.807, 2.05) is 19.9 Å². The molecule has 1 aliphatic rings. The van der Waals surface area contributed by atoms with Crippen LogP contribution in [0.1, 0.15) is 17.9 Å². The largest absolute Gasteiger partial charge is 0.487 e. The Morgan fingerprint density at radius 2 is 2.19 bits per heavy atom. The van der Waals surface area contributed by atoms with E-state index in [1.165, 1.54) is 0 Å². The Morgan fingerprint density at radius 1 is 1.33 bits per heavy atom. The van der Waals surface area contributed by atoms with Crippen LogP contribution >= 0.6 is 11.6 Å². The maximum absolute atomic E-state index is 6.08. The molecule has 1 fully saturated rings. The summed E-state index contributed by atoms with van der Waals surface area (Å²) in [6.45, 7) is 5.62. The lowest BCUT2D eigenvalue weighted by molar-refractivity contribution is 0.225. The van der Waals surface area contributed by atoms with Gasteiger partial charge in [0.15, 0.2) is 0 Å². The molecule has 1 saturated heterocycles. The molecule has 3 heterocycles. The Morgan fingerprint density at radius 3 is 2.95 bits per heavy atom. The van der Waals surface area contributed by atoms with Crippen LogP contribution in [0, 0.1) is 13.8 Å². The van der Waals surface area contributed by atoms with Crippen molar-refractivity contribution in [3.8, 4) is 5.75 Å². The Labute approximate surface area is 129 Å². The summed E-state index contributed by atoms with van der Waals surface area (Å²) in [7, 11) is 0. The van der Waals surface area contributed by atoms with Gasteiger partial charge in [0, 0.05) is 43.2 Å². The summed E-state index contributed by atoms with van der Waals surface area (Å²) in [5.74, 6) is 2.45. The molecule has 1 aliphatic heterocycles. The molecule has 21 heavy (non-hydrogen) atoms. The van der Waals surface area contributed by atoms with Crippen LogP contribution in [0.4, 0.5) is 5.82 Å². The number of halogens is 1. The Balaban J connectivity index is 1.69. The second-order valence-corrected chi connectivity index (χ2v) is 5.60. The average Bonchev–Trinajstić information content (AvgIpc) is 2.89. The third kappa shape index (κ3) is 3.24. The van der Waals surface area contributed by atoms with Gasteiger partial charge in [0.05, 0.1) is 6.54 Å². The van der Waals surface area contributed by atoms with Crippen LogP contribution in [0.3, 0.4) is 0 Å². The fourth-order valence-electron chi connectivity index (χ4n) is 2.53. The van der Waals surface area contributed by atoms with Crippen LogP contribution in [0.5, 0.6) is 5.75 Å². The van der Waals surface area contributed by atoms with Crippen LogP contribution in [0.15, 0.2) is 24.5 Å². The minimum atomic E-state index is 0.112. The van der Waals surface area contributed by atoms with Gasteiger partial charge in [0.25, 0.3) is 0 Å². The standard InChI is InChI=1S/C15H17ClN4O/c1-10-7-15(19-11(2)18-10)20-6-4-12(9-20)21-14-3-5-17-8-13(14)16/h3,5,7-8,12H,4,6,9H2,1-2H3. The molecule has 1 atom stereocenters. The third-order valence-electron chi connectivity index (χ3n) is 3.45. The quantitative estimate of drug-likeness (QED) is 0.873. The van der Waals surface area contributed by atoms with Crippen molar-refractivity contribution in [3.05, 3.63) is 41.1 Å². The summed E-state index contributed by atoms with van der Waals surface area (Å²) in [5, 5.41) is 0.546. The molecule has 110 valence electrons. The minimum absolute atomic E-state index is 0.112. The highest BCUT2D eigenvalue weighted by Crippen LogP contribution is 2.27. The molecule has 0 N–H and O–H groups in total. The Hall–Kier alpha value is -1.88. The molecule has 3 rings (SSSR count). The smallest absolute Gasteiger partial charge is 0.141 e. The molecule has 1 unspecified atom stereocenters. The Kier molecular flexibility index (Phi) is 3.92. The van der Waals surface area contributed by atoms with Gasteiger partial charge >= 0.3 is 0 Å². The van der Waals surface area contributed by atoms with E-state index < -0.39 is 0 Å². The fourth-order valence-corrected chi connectivity index (χ4v) is 2.69. The summed E-state index contributed by atoms with van der Waals surface area (Å²) < 4.78 is 5.96. The van der Waals surface area contributed by atoms with Gasteiger partial charge in [-0.2, -0.15) is 0 Å². The van der Waals surface area contributed by atoms with Crippen LogP contribution in [-0.2, 0) is 0 Å². The highest BCUT2D eigenvalue weighted by atomic mass is 35.5. The summed E-state index contributed by atoms with van der Waals surface area (Å²) in [6, 6.07) is 3.80. The van der Waals surface area contributed by atoms with Crippen LogP contribution < -0.4 is 9.64 Å². The van der Waals surface area contributed by atoms with Gasteiger partial charge in [0.1, 0.15) is 28.5 Å². The number of hydrogen-bond donors (Lipinski definition) is 0. The van der Waals surface area contributed by atoms with E-state index in [0.717, 1.165) is 36.8 Å². The van der Waals surface area contributed by atoms with E-state index >= 15 is 0 Å². The Bertz CT molecular complexity index is 629. The van der Waals surface area contributed by atoms with Crippen molar-refractivity contribution >= 4 is 17.4 Å². The zero-order chi connectivity index (χ0) is 14.8. The second kappa shape index (κ2) is 5.85. The molecule has 0 aromatic carbocycles. The lowest BCUT2D eigenvalue weighted by atomic mass is 10.3. The molecule has 2 aromatic heterocycles. The van der Waals surface area contributed by atoms with E-state index in [1.54, 1.807) is 18.5 Å². The number of ether oxygens (including phenoxy) is 1. The van der Waals surface area contributed by atoms with E-state index in [2.05, 4.69) is 19.9 Å². The first kappa shape index (κ1) is 14.1. The molecule has 0 aliphatic carbocycles. The van der Waals surface area contributed by atoms with Gasteiger partial charge in [-0.3, -0.25) is 4.98 Å². The van der Waals surface area contributed by atoms with Crippen LogP contribution in [0.2, 0.25) is 5.02 Å². The molecule has 6 heteroatoms. The average molecular weight is 305 g/mol. The van der Waals surface area contributed by atoms with E-state index in [-0.39, 0.29) is 6.10 Å². The summed E-state index contributed by atoms with van der Waals surface area (Å²) in [6.07, 6.45) is 4.34. The zero-order valence-electron chi connectivity index (χ0n) is 12.1. The maximum Gasteiger partial charge on any atom is 0.141 e. The van der Waals surface area contributed by atoms with Crippen molar-refractivity contribution in [2.75, 3.05) is 18.0 Å². The van der Waals surface area contributed by atoms with Gasteiger partial charge in [-0.15, -0.1) is 0 Å². The highest BCUT2D eigenvalue weighted by molar-refractivity contribution is 6.31. The normalized spacial score (nSPS) is 18.0. The van der Waals surface area contributed by atoms with Crippen molar-refractivity contribution in [2.45, 2.75) is 26.4 Å². The van der Waals surface area contributed by atoms with E-state index in [9.17, 15) is 0 Å². The van der Waals surface area contributed by atoms with Gasteiger partial charge in [-0.1, -0.05) is 11.6 Å². The van der Waals surface area contributed by atoms with Crippen molar-refractivity contribution in [3.63, 3.8) is 0 Å². The zero-order valence-corrected chi connectivity index (χ0v) is 12.8. The number of anilines is 1. The minimum Gasteiger partial charge on any atom is -0.487 e. The summed E-state index contributed by atoms with van der Waals surface area (Å²) in [5.41, 5.74) is 0.985. The van der Waals surface area contributed by atoms with Crippen molar-refractivity contribution < 1.29 is 4.74 Å². The maximum atomic E-state index is 6.08. The first-order valence-corrected chi connectivity index (χ1v) is 7.33. The molecule has 0 amide bonds.